The zero-order valence-electron chi connectivity index (χ0n) is 24.5. The fourth-order valence-corrected chi connectivity index (χ4v) is 12.0. The molecule has 4 rings (SSSR count). The number of allylic oxidation sites excluding steroid dienone is 2. The number of hydrogen-bond acceptors (Lipinski definition) is 3. The lowest BCUT2D eigenvalue weighted by Crippen LogP contribution is -2.50. The minimum atomic E-state index is 0.464. The lowest BCUT2D eigenvalue weighted by atomic mass is 9.47. The summed E-state index contributed by atoms with van der Waals surface area (Å²) in [5.41, 5.74) is 2.87. The highest BCUT2D eigenvalue weighted by Crippen LogP contribution is 2.67. The van der Waals surface area contributed by atoms with Gasteiger partial charge in [0.25, 0.3) is 0 Å². The Morgan fingerprint density at radius 1 is 1.11 bits per heavy atom. The van der Waals surface area contributed by atoms with Crippen molar-refractivity contribution in [2.75, 3.05) is 0 Å². The molecule has 0 saturated heterocycles. The topological polar surface area (TPSA) is 12.4 Å². The lowest BCUT2D eigenvalue weighted by Gasteiger charge is -2.58. The smallest absolute Gasteiger partial charge is 0.0806 e. The van der Waals surface area contributed by atoms with Crippen molar-refractivity contribution in [2.45, 2.75) is 124 Å². The fourth-order valence-electron chi connectivity index (χ4n) is 9.66. The number of hydrogen-bond donors (Lipinski definition) is 0. The van der Waals surface area contributed by atoms with E-state index in [4.69, 9.17) is 0 Å². The molecular formula is C33H55NS2. The minimum absolute atomic E-state index is 0.464. The molecule has 0 spiro atoms. The van der Waals surface area contributed by atoms with Crippen LogP contribution in [-0.2, 0) is 0 Å². The third kappa shape index (κ3) is 5.59. The van der Waals surface area contributed by atoms with Gasteiger partial charge in [-0.05, 0) is 128 Å². The van der Waals surface area contributed by atoms with Crippen molar-refractivity contribution in [3.8, 4) is 0 Å². The summed E-state index contributed by atoms with van der Waals surface area (Å²) in [5.74, 6) is 6.44. The van der Waals surface area contributed by atoms with E-state index in [-0.39, 0.29) is 0 Å². The number of rotatable bonds is 9. The predicted octanol–water partition coefficient (Wildman–Crippen LogP) is 11.0. The summed E-state index contributed by atoms with van der Waals surface area (Å²) in [7, 11) is 3.91. The fraction of sp³-hybridized carbons (Fsp3) is 0.848. The molecule has 3 heteroatoms. The van der Waals surface area contributed by atoms with Crippen molar-refractivity contribution in [3.05, 3.63) is 24.4 Å². The number of aliphatic imine (C=N–C) groups is 1. The van der Waals surface area contributed by atoms with Crippen LogP contribution in [-0.4, -0.2) is 10.3 Å². The Bertz CT molecular complexity index is 830. The average Bonchev–Trinajstić information content (AvgIpc) is 3.20. The zero-order chi connectivity index (χ0) is 26.1. The molecule has 0 radical (unpaired) electrons. The standard InChI is InChI=1S/C33H55NS2/c1-9-25(22(3)4)12-11-23(5)29-15-16-30-28-14-13-26-21-27(36-35-24(6)34-10-2)17-19-32(26,7)31(28)18-20-33(29,30)8/h10,13,22-23,25,27-31H,2,9,11-12,14-21H2,1,3-8H3/b34-24+/t23-,25-,27+,28+,29-,30+,31+,32+,33-/m1/s1. The summed E-state index contributed by atoms with van der Waals surface area (Å²) in [6.07, 6.45) is 20.1. The minimum Gasteiger partial charge on any atom is -0.255 e. The Morgan fingerprint density at radius 3 is 2.58 bits per heavy atom. The van der Waals surface area contributed by atoms with Crippen LogP contribution in [0.15, 0.2) is 29.4 Å². The van der Waals surface area contributed by atoms with Crippen molar-refractivity contribution in [3.63, 3.8) is 0 Å². The SMILES string of the molecule is C=C/N=C(\C)SS[C@H]1CC[C@@]2(C)C(=CC[C@H]3[C@@H]4CC[C@H]([C@H](C)CC[C@@H](CC)C(C)C)[C@@]4(C)CC[C@@H]32)C1. The molecule has 0 amide bonds. The normalized spacial score (nSPS) is 40.2. The van der Waals surface area contributed by atoms with Crippen LogP contribution in [0.5, 0.6) is 0 Å². The molecule has 4 aliphatic rings. The maximum atomic E-state index is 4.35. The van der Waals surface area contributed by atoms with Gasteiger partial charge >= 0.3 is 0 Å². The van der Waals surface area contributed by atoms with Crippen LogP contribution in [0.4, 0.5) is 0 Å². The predicted molar refractivity (Wildman–Crippen MR) is 164 cm³/mol. The summed E-state index contributed by atoms with van der Waals surface area (Å²) >= 11 is 0. The first-order valence-electron chi connectivity index (χ1n) is 15.3. The second-order valence-electron chi connectivity index (χ2n) is 13.8. The van der Waals surface area contributed by atoms with Crippen molar-refractivity contribution in [2.24, 2.45) is 57.2 Å². The molecule has 0 heterocycles. The van der Waals surface area contributed by atoms with Gasteiger partial charge in [0, 0.05) is 11.4 Å². The van der Waals surface area contributed by atoms with E-state index in [9.17, 15) is 0 Å². The quantitative estimate of drug-likeness (QED) is 0.127. The number of nitrogens with zero attached hydrogens (tertiary/aromatic N) is 1. The van der Waals surface area contributed by atoms with Gasteiger partial charge in [0.15, 0.2) is 0 Å². The molecular weight excluding hydrogens is 475 g/mol. The molecule has 0 aromatic rings. The molecule has 4 aliphatic carbocycles. The van der Waals surface area contributed by atoms with Crippen LogP contribution >= 0.6 is 21.6 Å². The Morgan fingerprint density at radius 2 is 1.89 bits per heavy atom. The first-order chi connectivity index (χ1) is 17.1. The van der Waals surface area contributed by atoms with E-state index >= 15 is 0 Å². The van der Waals surface area contributed by atoms with E-state index in [1.807, 2.05) is 16.4 Å². The Balaban J connectivity index is 1.41. The number of fused-ring (bicyclic) bond motifs is 5. The van der Waals surface area contributed by atoms with E-state index in [2.05, 4.69) is 76.9 Å². The van der Waals surface area contributed by atoms with Gasteiger partial charge in [-0.1, -0.05) is 83.4 Å². The van der Waals surface area contributed by atoms with Crippen molar-refractivity contribution < 1.29 is 0 Å². The summed E-state index contributed by atoms with van der Waals surface area (Å²) in [5, 5.41) is 1.87. The van der Waals surface area contributed by atoms with Gasteiger partial charge in [0.05, 0.1) is 5.04 Å². The van der Waals surface area contributed by atoms with Gasteiger partial charge in [0.2, 0.25) is 0 Å². The molecule has 0 aromatic carbocycles. The van der Waals surface area contributed by atoms with Gasteiger partial charge in [-0.2, -0.15) is 0 Å². The van der Waals surface area contributed by atoms with Gasteiger partial charge in [-0.15, -0.1) is 0 Å². The van der Waals surface area contributed by atoms with E-state index in [0.29, 0.717) is 10.8 Å². The molecule has 3 saturated carbocycles. The van der Waals surface area contributed by atoms with E-state index in [1.54, 1.807) is 6.20 Å². The highest BCUT2D eigenvalue weighted by atomic mass is 33.1. The van der Waals surface area contributed by atoms with Crippen LogP contribution in [0.1, 0.15) is 119 Å². The van der Waals surface area contributed by atoms with Crippen LogP contribution in [0, 0.1) is 52.3 Å². The molecule has 3 fully saturated rings. The van der Waals surface area contributed by atoms with E-state index in [1.165, 1.54) is 70.6 Å². The van der Waals surface area contributed by atoms with Gasteiger partial charge in [0.1, 0.15) is 0 Å². The van der Waals surface area contributed by atoms with Crippen LogP contribution < -0.4 is 0 Å². The average molecular weight is 530 g/mol. The second kappa shape index (κ2) is 11.9. The Labute approximate surface area is 232 Å². The zero-order valence-corrected chi connectivity index (χ0v) is 26.2. The monoisotopic (exact) mass is 529 g/mol. The van der Waals surface area contributed by atoms with Gasteiger partial charge in [-0.25, -0.2) is 0 Å². The van der Waals surface area contributed by atoms with E-state index in [0.717, 1.165) is 51.7 Å². The molecule has 0 aliphatic heterocycles. The molecule has 9 atom stereocenters. The largest absolute Gasteiger partial charge is 0.255 e. The molecule has 0 N–H and O–H groups in total. The molecule has 1 nitrogen and oxygen atoms in total. The first kappa shape index (κ1) is 28.8. The summed E-state index contributed by atoms with van der Waals surface area (Å²) in [6, 6.07) is 0. The Kier molecular flexibility index (Phi) is 9.56. The lowest BCUT2D eigenvalue weighted by molar-refractivity contribution is -0.0500. The molecule has 36 heavy (non-hydrogen) atoms. The summed E-state index contributed by atoms with van der Waals surface area (Å²) in [6.45, 7) is 21.1. The van der Waals surface area contributed by atoms with Crippen LogP contribution in [0.3, 0.4) is 0 Å². The second-order valence-corrected chi connectivity index (χ2v) is 16.5. The van der Waals surface area contributed by atoms with Crippen molar-refractivity contribution in [1.82, 2.24) is 0 Å². The summed E-state index contributed by atoms with van der Waals surface area (Å²) < 4.78 is 0. The Hall–Kier alpha value is -0.150. The molecule has 204 valence electrons. The van der Waals surface area contributed by atoms with Crippen molar-refractivity contribution >= 4 is 26.6 Å². The third-order valence-electron chi connectivity index (χ3n) is 11.9. The maximum Gasteiger partial charge on any atom is 0.0806 e. The summed E-state index contributed by atoms with van der Waals surface area (Å²) in [4.78, 5) is 4.35. The van der Waals surface area contributed by atoms with Gasteiger partial charge in [-0.3, -0.25) is 4.99 Å². The molecule has 0 unspecified atom stereocenters. The van der Waals surface area contributed by atoms with Crippen molar-refractivity contribution in [1.29, 1.82) is 0 Å². The highest BCUT2D eigenvalue weighted by Gasteiger charge is 2.59. The third-order valence-corrected chi connectivity index (χ3v) is 14.8. The first-order valence-corrected chi connectivity index (χ1v) is 17.5. The van der Waals surface area contributed by atoms with Gasteiger partial charge < -0.3 is 0 Å². The van der Waals surface area contributed by atoms with E-state index < -0.39 is 0 Å². The highest BCUT2D eigenvalue weighted by molar-refractivity contribution is 8.82. The molecule has 0 aromatic heterocycles. The van der Waals surface area contributed by atoms with Crippen LogP contribution in [0.25, 0.3) is 0 Å². The maximum absolute atomic E-state index is 4.35. The molecule has 0 bridgehead atoms. The van der Waals surface area contributed by atoms with Crippen LogP contribution in [0.2, 0.25) is 0 Å².